The number of aromatic nitrogens is 2. The van der Waals surface area contributed by atoms with Crippen molar-refractivity contribution >= 4 is 11.3 Å². The summed E-state index contributed by atoms with van der Waals surface area (Å²) >= 11 is 1.70. The number of rotatable bonds is 4. The fraction of sp³-hybridized carbons (Fsp3) is 0.538. The molecule has 0 atom stereocenters. The molecule has 98 valence electrons. The molecule has 2 rings (SSSR count). The summed E-state index contributed by atoms with van der Waals surface area (Å²) in [7, 11) is 0. The first-order valence-corrected chi connectivity index (χ1v) is 6.89. The highest BCUT2D eigenvalue weighted by Gasteiger charge is 2.17. The van der Waals surface area contributed by atoms with Crippen molar-refractivity contribution < 1.29 is 4.42 Å². The molecule has 18 heavy (non-hydrogen) atoms. The SMILES string of the molecule is Cc1ocnc1CNCc1nc(C(C)(C)C)cs1. The number of thiazole rings is 1. The van der Waals surface area contributed by atoms with E-state index in [1.54, 1.807) is 11.3 Å². The Kier molecular flexibility index (Phi) is 3.82. The molecule has 0 aromatic carbocycles. The number of hydrogen-bond donors (Lipinski definition) is 1. The number of nitrogens with zero attached hydrogens (tertiary/aromatic N) is 2. The number of aryl methyl sites for hydroxylation is 1. The van der Waals surface area contributed by atoms with Crippen molar-refractivity contribution in [3.8, 4) is 0 Å². The second-order valence-corrected chi connectivity index (χ2v) is 6.28. The highest BCUT2D eigenvalue weighted by atomic mass is 32.1. The van der Waals surface area contributed by atoms with Crippen LogP contribution in [-0.4, -0.2) is 9.97 Å². The van der Waals surface area contributed by atoms with Gasteiger partial charge in [0.1, 0.15) is 10.8 Å². The fourth-order valence-electron chi connectivity index (χ4n) is 1.52. The molecule has 0 radical (unpaired) electrons. The molecular weight excluding hydrogens is 246 g/mol. The lowest BCUT2D eigenvalue weighted by Gasteiger charge is -2.14. The molecule has 2 heterocycles. The lowest BCUT2D eigenvalue weighted by molar-refractivity contribution is 0.522. The summed E-state index contributed by atoms with van der Waals surface area (Å²) in [5, 5.41) is 6.58. The number of nitrogens with one attached hydrogen (secondary N) is 1. The third-order valence-electron chi connectivity index (χ3n) is 2.73. The zero-order valence-corrected chi connectivity index (χ0v) is 12.1. The van der Waals surface area contributed by atoms with Gasteiger partial charge in [-0.3, -0.25) is 0 Å². The second-order valence-electron chi connectivity index (χ2n) is 5.34. The van der Waals surface area contributed by atoms with Gasteiger partial charge in [-0.1, -0.05) is 20.8 Å². The van der Waals surface area contributed by atoms with Crippen molar-refractivity contribution in [2.75, 3.05) is 0 Å². The van der Waals surface area contributed by atoms with Crippen LogP contribution in [-0.2, 0) is 18.5 Å². The third kappa shape index (κ3) is 3.17. The van der Waals surface area contributed by atoms with Crippen LogP contribution >= 0.6 is 11.3 Å². The molecule has 5 heteroatoms. The normalized spacial score (nSPS) is 12.0. The quantitative estimate of drug-likeness (QED) is 0.923. The van der Waals surface area contributed by atoms with Crippen LogP contribution in [0.3, 0.4) is 0 Å². The van der Waals surface area contributed by atoms with Gasteiger partial charge in [0.2, 0.25) is 0 Å². The second kappa shape index (κ2) is 5.20. The standard InChI is InChI=1S/C13H19N3OS/c1-9-10(15-8-17-9)5-14-6-12-16-11(7-18-12)13(2,3)4/h7-8,14H,5-6H2,1-4H3. The van der Waals surface area contributed by atoms with Gasteiger partial charge >= 0.3 is 0 Å². The van der Waals surface area contributed by atoms with Crippen molar-refractivity contribution in [1.29, 1.82) is 0 Å². The van der Waals surface area contributed by atoms with Gasteiger partial charge in [-0.05, 0) is 6.92 Å². The summed E-state index contributed by atoms with van der Waals surface area (Å²) in [5.41, 5.74) is 2.24. The van der Waals surface area contributed by atoms with Gasteiger partial charge in [0, 0.05) is 23.9 Å². The van der Waals surface area contributed by atoms with Crippen molar-refractivity contribution in [2.24, 2.45) is 0 Å². The van der Waals surface area contributed by atoms with Gasteiger partial charge < -0.3 is 9.73 Å². The highest BCUT2D eigenvalue weighted by Crippen LogP contribution is 2.23. The summed E-state index contributed by atoms with van der Waals surface area (Å²) in [5.74, 6) is 0.872. The van der Waals surface area contributed by atoms with Gasteiger partial charge in [0.25, 0.3) is 0 Å². The first-order chi connectivity index (χ1) is 8.47. The maximum absolute atomic E-state index is 5.15. The fourth-order valence-corrected chi connectivity index (χ4v) is 2.51. The maximum Gasteiger partial charge on any atom is 0.181 e. The van der Waals surface area contributed by atoms with E-state index >= 15 is 0 Å². The van der Waals surface area contributed by atoms with Crippen LogP contribution in [0.4, 0.5) is 0 Å². The molecule has 4 nitrogen and oxygen atoms in total. The molecule has 0 bridgehead atoms. The van der Waals surface area contributed by atoms with Gasteiger partial charge in [0.15, 0.2) is 6.39 Å². The summed E-state index contributed by atoms with van der Waals surface area (Å²) in [6.07, 6.45) is 1.48. The Morgan fingerprint density at radius 3 is 2.67 bits per heavy atom. The van der Waals surface area contributed by atoms with E-state index in [1.165, 1.54) is 6.39 Å². The largest absolute Gasteiger partial charge is 0.448 e. The molecule has 0 saturated carbocycles. The highest BCUT2D eigenvalue weighted by molar-refractivity contribution is 7.09. The Balaban J connectivity index is 1.88. The minimum Gasteiger partial charge on any atom is -0.448 e. The van der Waals surface area contributed by atoms with Gasteiger partial charge in [-0.2, -0.15) is 0 Å². The lowest BCUT2D eigenvalue weighted by Crippen LogP contribution is -2.15. The van der Waals surface area contributed by atoms with Crippen molar-refractivity contribution in [2.45, 2.75) is 46.2 Å². The molecular formula is C13H19N3OS. The zero-order valence-electron chi connectivity index (χ0n) is 11.3. The molecule has 0 aliphatic heterocycles. The molecule has 2 aromatic heterocycles. The predicted octanol–water partition coefficient (Wildman–Crippen LogP) is 3.03. The summed E-state index contributed by atoms with van der Waals surface area (Å²) in [6, 6.07) is 0. The van der Waals surface area contributed by atoms with E-state index in [2.05, 4.69) is 41.4 Å². The van der Waals surface area contributed by atoms with Crippen LogP contribution in [0.2, 0.25) is 0 Å². The minimum atomic E-state index is 0.122. The third-order valence-corrected chi connectivity index (χ3v) is 3.58. The summed E-state index contributed by atoms with van der Waals surface area (Å²) in [4.78, 5) is 8.78. The molecule has 0 unspecified atom stereocenters. The molecule has 0 fully saturated rings. The van der Waals surface area contributed by atoms with E-state index in [1.807, 2.05) is 6.92 Å². The van der Waals surface area contributed by atoms with Crippen LogP contribution in [0.25, 0.3) is 0 Å². The van der Waals surface area contributed by atoms with Gasteiger partial charge in [-0.25, -0.2) is 9.97 Å². The summed E-state index contributed by atoms with van der Waals surface area (Å²) < 4.78 is 5.15. The lowest BCUT2D eigenvalue weighted by atomic mass is 9.93. The van der Waals surface area contributed by atoms with E-state index in [0.29, 0.717) is 6.54 Å². The Morgan fingerprint density at radius 2 is 2.11 bits per heavy atom. The average Bonchev–Trinajstić information content (AvgIpc) is 2.88. The molecule has 0 amide bonds. The van der Waals surface area contributed by atoms with Crippen LogP contribution in [0.1, 0.15) is 42.9 Å². The predicted molar refractivity (Wildman–Crippen MR) is 72.6 cm³/mol. The van der Waals surface area contributed by atoms with Crippen molar-refractivity contribution in [3.63, 3.8) is 0 Å². The average molecular weight is 265 g/mol. The van der Waals surface area contributed by atoms with Crippen LogP contribution < -0.4 is 5.32 Å². The van der Waals surface area contributed by atoms with Gasteiger partial charge in [-0.15, -0.1) is 11.3 Å². The van der Waals surface area contributed by atoms with E-state index in [9.17, 15) is 0 Å². The Morgan fingerprint density at radius 1 is 1.33 bits per heavy atom. The van der Waals surface area contributed by atoms with Crippen LogP contribution in [0.5, 0.6) is 0 Å². The molecule has 1 N–H and O–H groups in total. The van der Waals surface area contributed by atoms with Crippen LogP contribution in [0.15, 0.2) is 16.2 Å². The zero-order chi connectivity index (χ0) is 13.2. The Hall–Kier alpha value is -1.20. The van der Waals surface area contributed by atoms with Gasteiger partial charge in [0.05, 0.1) is 11.4 Å². The molecule has 0 spiro atoms. The van der Waals surface area contributed by atoms with Crippen molar-refractivity contribution in [3.05, 3.63) is 33.9 Å². The van der Waals surface area contributed by atoms with E-state index in [4.69, 9.17) is 4.42 Å². The Labute approximate surface area is 111 Å². The smallest absolute Gasteiger partial charge is 0.181 e. The summed E-state index contributed by atoms with van der Waals surface area (Å²) in [6.45, 7) is 9.94. The van der Waals surface area contributed by atoms with Crippen molar-refractivity contribution in [1.82, 2.24) is 15.3 Å². The maximum atomic E-state index is 5.15. The molecule has 0 aliphatic carbocycles. The molecule has 0 aliphatic rings. The first-order valence-electron chi connectivity index (χ1n) is 6.01. The molecule has 0 saturated heterocycles. The van der Waals surface area contributed by atoms with Crippen LogP contribution in [0, 0.1) is 6.92 Å². The minimum absolute atomic E-state index is 0.122. The number of hydrogen-bond acceptors (Lipinski definition) is 5. The topological polar surface area (TPSA) is 51.0 Å². The molecule has 2 aromatic rings. The van der Waals surface area contributed by atoms with E-state index < -0.39 is 0 Å². The van der Waals surface area contributed by atoms with E-state index in [-0.39, 0.29) is 5.41 Å². The van der Waals surface area contributed by atoms with E-state index in [0.717, 1.165) is 28.7 Å². The number of oxazole rings is 1. The first kappa shape index (κ1) is 13.2. The Bertz CT molecular complexity index is 510. The monoisotopic (exact) mass is 265 g/mol.